The third-order valence-corrected chi connectivity index (χ3v) is 2.15. The Labute approximate surface area is 103 Å². The van der Waals surface area contributed by atoms with Crippen LogP contribution in [-0.2, 0) is 7.05 Å². The molecular weight excluding hydrogens is 232 g/mol. The second-order valence-electron chi connectivity index (χ2n) is 3.04. The van der Waals surface area contributed by atoms with Crippen LogP contribution in [-0.4, -0.2) is 15.8 Å². The summed E-state index contributed by atoms with van der Waals surface area (Å²) in [6.07, 6.45) is 1.53. The molecule has 7 nitrogen and oxygen atoms in total. The number of imidazole rings is 1. The summed E-state index contributed by atoms with van der Waals surface area (Å²) in [5, 5.41) is 16.4. The summed E-state index contributed by atoms with van der Waals surface area (Å²) in [4.78, 5) is 14.0. The van der Waals surface area contributed by atoms with E-state index in [2.05, 4.69) is 23.2 Å². The Morgan fingerprint density at radius 3 is 2.56 bits per heavy atom. The van der Waals surface area contributed by atoms with Crippen molar-refractivity contribution in [1.82, 2.24) is 9.55 Å². The Bertz CT molecular complexity index is 625. The lowest BCUT2D eigenvalue weighted by Crippen LogP contribution is -2.11. The number of hydrazone groups is 1. The first kappa shape index (κ1) is 14.9. The average Bonchev–Trinajstić information content (AvgIpc) is 2.70. The highest BCUT2D eigenvalue weighted by molar-refractivity contribution is 5.86. The van der Waals surface area contributed by atoms with Crippen LogP contribution in [0.5, 0.6) is 0 Å². The molecule has 0 amide bonds. The minimum atomic E-state index is -0.123. The number of nitriles is 2. The molecule has 0 saturated carbocycles. The lowest BCUT2D eigenvalue weighted by molar-refractivity contribution is 0.891. The molecule has 0 unspecified atom stereocenters. The zero-order valence-electron chi connectivity index (χ0n) is 9.74. The first-order valence-corrected chi connectivity index (χ1v) is 4.66. The molecule has 2 aromatic rings. The van der Waals surface area contributed by atoms with Crippen LogP contribution in [0, 0.1) is 23.7 Å². The third-order valence-electron chi connectivity index (χ3n) is 2.15. The third kappa shape index (κ3) is 2.97. The molecule has 0 saturated heterocycles. The number of nitrogens with one attached hydrogen (secondary N) is 1. The van der Waals surface area contributed by atoms with E-state index in [9.17, 15) is 4.79 Å². The van der Waals surface area contributed by atoms with E-state index in [0.29, 0.717) is 0 Å². The van der Waals surface area contributed by atoms with E-state index in [-0.39, 0.29) is 5.69 Å². The highest BCUT2D eigenvalue weighted by Gasteiger charge is 2.02. The maximum absolute atomic E-state index is 11.3. The van der Waals surface area contributed by atoms with Crippen LogP contribution in [0.2, 0.25) is 0 Å². The van der Waals surface area contributed by atoms with Crippen LogP contribution in [0.3, 0.4) is 0 Å². The lowest BCUT2D eigenvalue weighted by Gasteiger charge is -1.94. The van der Waals surface area contributed by atoms with Gasteiger partial charge in [-0.25, -0.2) is 15.3 Å². The van der Waals surface area contributed by atoms with E-state index >= 15 is 0 Å². The summed E-state index contributed by atoms with van der Waals surface area (Å²) >= 11 is 0. The molecule has 0 fully saturated rings. The number of H-pyrrole nitrogens is 1. The van der Waals surface area contributed by atoms with Gasteiger partial charge in [-0.2, -0.15) is 5.10 Å². The molecule has 0 radical (unpaired) electrons. The van der Waals surface area contributed by atoms with Crippen LogP contribution in [0.15, 0.2) is 28.1 Å². The van der Waals surface area contributed by atoms with Gasteiger partial charge < -0.3 is 10.8 Å². The number of nitrogens with two attached hydrogens (primary N) is 1. The van der Waals surface area contributed by atoms with E-state index in [1.54, 1.807) is 11.6 Å². The van der Waals surface area contributed by atoms with Gasteiger partial charge in [0.25, 0.3) is 0 Å². The van der Waals surface area contributed by atoms with Gasteiger partial charge >= 0.3 is 5.69 Å². The van der Waals surface area contributed by atoms with Gasteiger partial charge in [0.15, 0.2) is 0 Å². The van der Waals surface area contributed by atoms with Crippen molar-refractivity contribution in [2.45, 2.75) is 0 Å². The molecule has 2 rings (SSSR count). The summed E-state index contributed by atoms with van der Waals surface area (Å²) in [7, 11) is 1.72. The van der Waals surface area contributed by atoms with Gasteiger partial charge in [-0.1, -0.05) is 6.07 Å². The SMILES string of the molecule is C#N.C#N.Cn1c(=O)[nH]c2cc(C=NN)ccc21. The van der Waals surface area contributed by atoms with Crippen LogP contribution < -0.4 is 11.5 Å². The summed E-state index contributed by atoms with van der Waals surface area (Å²) in [5.41, 5.74) is 2.39. The topological polar surface area (TPSA) is 124 Å². The molecule has 1 heterocycles. The molecule has 18 heavy (non-hydrogen) atoms. The van der Waals surface area contributed by atoms with Crippen molar-refractivity contribution in [2.24, 2.45) is 18.0 Å². The van der Waals surface area contributed by atoms with Gasteiger partial charge in [0.2, 0.25) is 0 Å². The molecule has 1 aromatic carbocycles. The monoisotopic (exact) mass is 244 g/mol. The lowest BCUT2D eigenvalue weighted by atomic mass is 10.2. The molecule has 0 spiro atoms. The predicted octanol–water partition coefficient (Wildman–Crippen LogP) is 0.439. The van der Waals surface area contributed by atoms with Gasteiger partial charge in [-0.15, -0.1) is 0 Å². The van der Waals surface area contributed by atoms with Crippen molar-refractivity contribution in [3.05, 3.63) is 34.2 Å². The van der Waals surface area contributed by atoms with Crippen LogP contribution in [0.4, 0.5) is 0 Å². The summed E-state index contributed by atoms with van der Waals surface area (Å²) < 4.78 is 1.55. The van der Waals surface area contributed by atoms with Gasteiger partial charge in [0, 0.05) is 20.2 Å². The first-order valence-electron chi connectivity index (χ1n) is 4.66. The fourth-order valence-corrected chi connectivity index (χ4v) is 1.42. The number of aromatic amines is 1. The highest BCUT2D eigenvalue weighted by Crippen LogP contribution is 2.10. The zero-order chi connectivity index (χ0) is 14.1. The molecule has 0 atom stereocenters. The number of nitrogens with zero attached hydrogens (tertiary/aromatic N) is 4. The van der Waals surface area contributed by atoms with Gasteiger partial charge in [0.1, 0.15) is 0 Å². The molecular formula is C11H12N6O. The fraction of sp³-hybridized carbons (Fsp3) is 0.0909. The summed E-state index contributed by atoms with van der Waals surface area (Å²) in [6, 6.07) is 5.53. The quantitative estimate of drug-likeness (QED) is 0.429. The summed E-state index contributed by atoms with van der Waals surface area (Å²) in [5.74, 6) is 5.03. The normalized spacial score (nSPS) is 9.17. The Kier molecular flexibility index (Phi) is 6.02. The second-order valence-corrected chi connectivity index (χ2v) is 3.04. The van der Waals surface area contributed by atoms with E-state index in [1.807, 2.05) is 18.2 Å². The van der Waals surface area contributed by atoms with Gasteiger partial charge in [-0.05, 0) is 17.7 Å². The highest BCUT2D eigenvalue weighted by atomic mass is 16.1. The number of aromatic nitrogens is 2. The zero-order valence-corrected chi connectivity index (χ0v) is 9.74. The molecule has 0 bridgehead atoms. The Morgan fingerprint density at radius 1 is 1.39 bits per heavy atom. The van der Waals surface area contributed by atoms with Crippen molar-refractivity contribution in [2.75, 3.05) is 0 Å². The van der Waals surface area contributed by atoms with Crippen molar-refractivity contribution >= 4 is 17.2 Å². The van der Waals surface area contributed by atoms with Crippen molar-refractivity contribution in [1.29, 1.82) is 10.5 Å². The van der Waals surface area contributed by atoms with Crippen LogP contribution in [0.25, 0.3) is 11.0 Å². The Morgan fingerprint density at radius 2 is 2.00 bits per heavy atom. The minimum absolute atomic E-state index is 0.123. The number of rotatable bonds is 1. The van der Waals surface area contributed by atoms with Gasteiger partial charge in [-0.3, -0.25) is 4.57 Å². The molecule has 0 aliphatic rings. The standard InChI is InChI=1S/C9H10N4O.2CHN/c1-13-8-3-2-6(5-11-10)4-7(8)12-9(13)14;2*1-2/h2-5H,10H2,1H3,(H,12,14);2*1H. The molecule has 0 aliphatic carbocycles. The molecule has 1 aromatic heterocycles. The smallest absolute Gasteiger partial charge is 0.323 e. The Balaban J connectivity index is 0.000000659. The van der Waals surface area contributed by atoms with E-state index < -0.39 is 0 Å². The van der Waals surface area contributed by atoms with Crippen molar-refractivity contribution in [3.8, 4) is 13.1 Å². The number of fused-ring (bicyclic) bond motifs is 1. The first-order chi connectivity index (χ1) is 8.72. The molecule has 7 heteroatoms. The fourth-order valence-electron chi connectivity index (χ4n) is 1.42. The maximum atomic E-state index is 11.3. The maximum Gasteiger partial charge on any atom is 0.326 e. The minimum Gasteiger partial charge on any atom is -0.323 e. The van der Waals surface area contributed by atoms with E-state index in [4.69, 9.17) is 16.4 Å². The van der Waals surface area contributed by atoms with Crippen molar-refractivity contribution < 1.29 is 0 Å². The van der Waals surface area contributed by atoms with Crippen LogP contribution >= 0.6 is 0 Å². The average molecular weight is 244 g/mol. The number of hydrogen-bond acceptors (Lipinski definition) is 5. The largest absolute Gasteiger partial charge is 0.326 e. The van der Waals surface area contributed by atoms with Crippen LogP contribution in [0.1, 0.15) is 5.56 Å². The molecule has 0 aliphatic heterocycles. The second kappa shape index (κ2) is 7.25. The predicted molar refractivity (Wildman–Crippen MR) is 68.7 cm³/mol. The molecule has 3 N–H and O–H groups in total. The van der Waals surface area contributed by atoms with Crippen molar-refractivity contribution in [3.63, 3.8) is 0 Å². The van der Waals surface area contributed by atoms with E-state index in [1.165, 1.54) is 6.21 Å². The molecule has 92 valence electrons. The Hall–Kier alpha value is -3.06. The number of hydrogen-bond donors (Lipinski definition) is 2. The van der Waals surface area contributed by atoms with Gasteiger partial charge in [0.05, 0.1) is 17.2 Å². The van der Waals surface area contributed by atoms with E-state index in [0.717, 1.165) is 16.6 Å². The number of aryl methyl sites for hydroxylation is 1. The summed E-state index contributed by atoms with van der Waals surface area (Å²) in [6.45, 7) is 7.00. The number of benzene rings is 1.